The minimum Gasteiger partial charge on any atom is -0.471 e. The summed E-state index contributed by atoms with van der Waals surface area (Å²) in [5.41, 5.74) is 1.62. The number of nitrogens with zero attached hydrogens (tertiary/aromatic N) is 5. The minimum atomic E-state index is -4.69. The SMILES string of the molecule is FC(F)(F)c1nc(-c2ccc(COc3ccc4cnccc4n3)nc2)no1. The zero-order valence-corrected chi connectivity index (χ0v) is 13.5. The smallest absolute Gasteiger partial charge is 0.471 e. The molecule has 0 radical (unpaired) electrons. The molecule has 4 aromatic rings. The van der Waals surface area contributed by atoms with Crippen molar-refractivity contribution in [2.45, 2.75) is 12.8 Å². The number of aromatic nitrogens is 5. The van der Waals surface area contributed by atoms with E-state index in [0.717, 1.165) is 10.9 Å². The molecule has 4 aromatic heterocycles. The van der Waals surface area contributed by atoms with E-state index in [2.05, 4.69) is 29.6 Å². The van der Waals surface area contributed by atoms with Crippen LogP contribution in [0.2, 0.25) is 0 Å². The molecule has 7 nitrogen and oxygen atoms in total. The molecule has 0 aliphatic carbocycles. The van der Waals surface area contributed by atoms with E-state index in [9.17, 15) is 13.2 Å². The third kappa shape index (κ3) is 3.68. The molecule has 0 unspecified atom stereocenters. The molecular weight excluding hydrogens is 363 g/mol. The molecule has 4 rings (SSSR count). The van der Waals surface area contributed by atoms with Crippen LogP contribution in [0.3, 0.4) is 0 Å². The maximum atomic E-state index is 12.5. The summed E-state index contributed by atoms with van der Waals surface area (Å²) in [4.78, 5) is 15.8. The zero-order chi connectivity index (χ0) is 18.9. The van der Waals surface area contributed by atoms with E-state index in [0.29, 0.717) is 17.1 Å². The number of pyridine rings is 3. The van der Waals surface area contributed by atoms with Crippen molar-refractivity contribution in [2.75, 3.05) is 0 Å². The normalized spacial score (nSPS) is 11.7. The molecule has 0 amide bonds. The summed E-state index contributed by atoms with van der Waals surface area (Å²) < 4.78 is 47.3. The Bertz CT molecular complexity index is 1080. The molecular formula is C17H10F3N5O2. The van der Waals surface area contributed by atoms with Crippen LogP contribution < -0.4 is 4.74 Å². The van der Waals surface area contributed by atoms with Gasteiger partial charge < -0.3 is 9.26 Å². The number of ether oxygens (including phenoxy) is 1. The van der Waals surface area contributed by atoms with Gasteiger partial charge in [-0.15, -0.1) is 0 Å². The first kappa shape index (κ1) is 16.9. The van der Waals surface area contributed by atoms with E-state index in [1.54, 1.807) is 30.6 Å². The van der Waals surface area contributed by atoms with Gasteiger partial charge in [-0.2, -0.15) is 18.2 Å². The number of hydrogen-bond acceptors (Lipinski definition) is 7. The van der Waals surface area contributed by atoms with Gasteiger partial charge in [0.05, 0.1) is 11.2 Å². The van der Waals surface area contributed by atoms with Gasteiger partial charge >= 0.3 is 12.1 Å². The number of halogens is 3. The Kier molecular flexibility index (Phi) is 4.15. The molecule has 0 saturated heterocycles. The Hall–Kier alpha value is -3.56. The predicted octanol–water partition coefficient (Wildman–Crippen LogP) is 3.67. The highest BCUT2D eigenvalue weighted by atomic mass is 19.4. The molecule has 0 fully saturated rings. The molecule has 4 heterocycles. The highest BCUT2D eigenvalue weighted by Crippen LogP contribution is 2.29. The molecule has 136 valence electrons. The lowest BCUT2D eigenvalue weighted by Crippen LogP contribution is -2.04. The van der Waals surface area contributed by atoms with E-state index in [-0.39, 0.29) is 12.4 Å². The Morgan fingerprint density at radius 3 is 2.63 bits per heavy atom. The van der Waals surface area contributed by atoms with E-state index < -0.39 is 12.1 Å². The summed E-state index contributed by atoms with van der Waals surface area (Å²) in [5, 5.41) is 4.21. The summed E-state index contributed by atoms with van der Waals surface area (Å²) >= 11 is 0. The topological polar surface area (TPSA) is 86.8 Å². The van der Waals surface area contributed by atoms with Crippen LogP contribution in [0.5, 0.6) is 5.88 Å². The highest BCUT2D eigenvalue weighted by molar-refractivity contribution is 5.77. The van der Waals surface area contributed by atoms with Crippen molar-refractivity contribution in [1.29, 1.82) is 0 Å². The van der Waals surface area contributed by atoms with Gasteiger partial charge in [0.2, 0.25) is 11.7 Å². The van der Waals surface area contributed by atoms with Crippen LogP contribution in [-0.2, 0) is 12.8 Å². The van der Waals surface area contributed by atoms with Crippen LogP contribution in [0.1, 0.15) is 11.6 Å². The summed E-state index contributed by atoms with van der Waals surface area (Å²) in [6, 6.07) is 8.47. The summed E-state index contributed by atoms with van der Waals surface area (Å²) in [7, 11) is 0. The van der Waals surface area contributed by atoms with Gasteiger partial charge in [0.15, 0.2) is 0 Å². The van der Waals surface area contributed by atoms with Crippen LogP contribution in [-0.4, -0.2) is 25.1 Å². The molecule has 0 aromatic carbocycles. The second kappa shape index (κ2) is 6.63. The third-order valence-electron chi connectivity index (χ3n) is 3.58. The standard InChI is InChI=1S/C17H10F3N5O2/c18-17(19,20)16-24-15(25-27-16)11-1-3-12(22-8-11)9-26-14-4-2-10-7-21-6-5-13(10)23-14/h1-8H,9H2. The van der Waals surface area contributed by atoms with Crippen molar-refractivity contribution in [3.05, 3.63) is 60.5 Å². The Labute approximate surface area is 149 Å². The van der Waals surface area contributed by atoms with E-state index >= 15 is 0 Å². The second-order valence-electron chi connectivity index (χ2n) is 5.47. The van der Waals surface area contributed by atoms with Crippen molar-refractivity contribution in [3.8, 4) is 17.3 Å². The third-order valence-corrected chi connectivity index (χ3v) is 3.58. The Morgan fingerprint density at radius 1 is 1.00 bits per heavy atom. The van der Waals surface area contributed by atoms with Gasteiger partial charge in [-0.1, -0.05) is 5.16 Å². The van der Waals surface area contributed by atoms with Crippen LogP contribution in [0.25, 0.3) is 22.3 Å². The van der Waals surface area contributed by atoms with Gasteiger partial charge in [0.25, 0.3) is 0 Å². The van der Waals surface area contributed by atoms with Gasteiger partial charge in [-0.3, -0.25) is 9.97 Å². The highest BCUT2D eigenvalue weighted by Gasteiger charge is 2.38. The first-order chi connectivity index (χ1) is 13.0. The van der Waals surface area contributed by atoms with Crippen LogP contribution in [0, 0.1) is 0 Å². The average Bonchev–Trinajstić information content (AvgIpc) is 3.17. The van der Waals surface area contributed by atoms with Crippen molar-refractivity contribution in [2.24, 2.45) is 0 Å². The molecule has 0 N–H and O–H groups in total. The zero-order valence-electron chi connectivity index (χ0n) is 13.5. The summed E-state index contributed by atoms with van der Waals surface area (Å²) in [5.74, 6) is -1.16. The first-order valence-corrected chi connectivity index (χ1v) is 7.69. The quantitative estimate of drug-likeness (QED) is 0.539. The molecule has 0 bridgehead atoms. The second-order valence-corrected chi connectivity index (χ2v) is 5.47. The Morgan fingerprint density at radius 2 is 1.89 bits per heavy atom. The number of hydrogen-bond donors (Lipinski definition) is 0. The maximum absolute atomic E-state index is 12.5. The fraction of sp³-hybridized carbons (Fsp3) is 0.118. The molecule has 0 aliphatic rings. The predicted molar refractivity (Wildman–Crippen MR) is 86.4 cm³/mol. The number of fused-ring (bicyclic) bond motifs is 1. The molecule has 27 heavy (non-hydrogen) atoms. The van der Waals surface area contributed by atoms with Crippen LogP contribution in [0.15, 0.2) is 53.4 Å². The first-order valence-electron chi connectivity index (χ1n) is 7.69. The van der Waals surface area contributed by atoms with Gasteiger partial charge in [0.1, 0.15) is 6.61 Å². The van der Waals surface area contributed by atoms with Crippen molar-refractivity contribution >= 4 is 10.9 Å². The molecule has 0 saturated carbocycles. The summed E-state index contributed by atoms with van der Waals surface area (Å²) in [6.07, 6.45) is 0.00856. The lowest BCUT2D eigenvalue weighted by atomic mass is 10.2. The van der Waals surface area contributed by atoms with Crippen LogP contribution >= 0.6 is 0 Å². The molecule has 0 aliphatic heterocycles. The van der Waals surface area contributed by atoms with E-state index in [1.165, 1.54) is 12.3 Å². The van der Waals surface area contributed by atoms with Gasteiger partial charge in [0, 0.05) is 35.6 Å². The van der Waals surface area contributed by atoms with E-state index in [4.69, 9.17) is 4.74 Å². The van der Waals surface area contributed by atoms with Gasteiger partial charge in [-0.25, -0.2) is 4.98 Å². The molecule has 10 heteroatoms. The lowest BCUT2D eigenvalue weighted by molar-refractivity contribution is -0.159. The van der Waals surface area contributed by atoms with Crippen molar-refractivity contribution in [3.63, 3.8) is 0 Å². The molecule has 0 spiro atoms. The minimum absolute atomic E-state index is 0.143. The maximum Gasteiger partial charge on any atom is 0.471 e. The van der Waals surface area contributed by atoms with Crippen molar-refractivity contribution < 1.29 is 22.4 Å². The number of rotatable bonds is 4. The fourth-order valence-electron chi connectivity index (χ4n) is 2.27. The Balaban J connectivity index is 1.45. The average molecular weight is 373 g/mol. The largest absolute Gasteiger partial charge is 0.471 e. The van der Waals surface area contributed by atoms with Crippen LogP contribution in [0.4, 0.5) is 13.2 Å². The fourth-order valence-corrected chi connectivity index (χ4v) is 2.27. The monoisotopic (exact) mass is 373 g/mol. The van der Waals surface area contributed by atoms with E-state index in [1.807, 2.05) is 6.07 Å². The summed E-state index contributed by atoms with van der Waals surface area (Å²) in [6.45, 7) is 0.143. The van der Waals surface area contributed by atoms with Crippen molar-refractivity contribution in [1.82, 2.24) is 25.1 Å². The number of alkyl halides is 3. The molecule has 0 atom stereocenters. The lowest BCUT2D eigenvalue weighted by Gasteiger charge is -2.06. The van der Waals surface area contributed by atoms with Gasteiger partial charge in [-0.05, 0) is 24.3 Å².